The normalized spacial score (nSPS) is 15.5. The Morgan fingerprint density at radius 2 is 2.15 bits per heavy atom. The van der Waals surface area contributed by atoms with Crippen LogP contribution in [0.15, 0.2) is 0 Å². The second-order valence-electron chi connectivity index (χ2n) is 3.60. The first-order valence-corrected chi connectivity index (χ1v) is 5.34. The third-order valence-electron chi connectivity index (χ3n) is 2.40. The fraction of sp³-hybridized carbons (Fsp3) is 0.900. The lowest BCUT2D eigenvalue weighted by Gasteiger charge is -2.20. The molecule has 1 N–H and O–H groups in total. The quantitative estimate of drug-likeness (QED) is 0.651. The lowest BCUT2D eigenvalue weighted by Crippen LogP contribution is -2.41. The molecule has 0 spiro atoms. The summed E-state index contributed by atoms with van der Waals surface area (Å²) < 4.78 is 0. The van der Waals surface area contributed by atoms with Gasteiger partial charge in [-0.05, 0) is 26.2 Å². The van der Waals surface area contributed by atoms with Gasteiger partial charge in [0, 0.05) is 19.1 Å². The molecule has 0 heterocycles. The molecule has 0 atom stereocenters. The average molecular weight is 184 g/mol. The third-order valence-corrected chi connectivity index (χ3v) is 2.40. The van der Waals surface area contributed by atoms with Crippen molar-refractivity contribution >= 4 is 6.03 Å². The SMILES string of the molecule is CCCCNC(=O)N(CC)C1CC1. The zero-order chi connectivity index (χ0) is 9.68. The Kier molecular flexibility index (Phi) is 4.06. The molecule has 1 aliphatic rings. The van der Waals surface area contributed by atoms with Crippen LogP contribution in [0.3, 0.4) is 0 Å². The minimum absolute atomic E-state index is 0.124. The first kappa shape index (κ1) is 10.4. The van der Waals surface area contributed by atoms with Gasteiger partial charge in [0.1, 0.15) is 0 Å². The molecule has 0 unspecified atom stereocenters. The molecular formula is C10H20N2O. The minimum atomic E-state index is 0.124. The molecule has 0 aliphatic heterocycles. The molecule has 0 saturated heterocycles. The lowest BCUT2D eigenvalue weighted by atomic mass is 10.3. The summed E-state index contributed by atoms with van der Waals surface area (Å²) >= 11 is 0. The predicted octanol–water partition coefficient (Wildman–Crippen LogP) is 1.98. The highest BCUT2D eigenvalue weighted by molar-refractivity contribution is 5.74. The first-order chi connectivity index (χ1) is 6.29. The molecule has 0 aromatic heterocycles. The van der Waals surface area contributed by atoms with Crippen molar-refractivity contribution in [3.8, 4) is 0 Å². The van der Waals surface area contributed by atoms with Gasteiger partial charge >= 0.3 is 6.03 Å². The standard InChI is InChI=1S/C10H20N2O/c1-3-5-8-11-10(13)12(4-2)9-6-7-9/h9H,3-8H2,1-2H3,(H,11,13). The van der Waals surface area contributed by atoms with E-state index in [0.717, 1.165) is 25.9 Å². The third kappa shape index (κ3) is 3.25. The van der Waals surface area contributed by atoms with Gasteiger partial charge in [-0.1, -0.05) is 13.3 Å². The monoisotopic (exact) mass is 184 g/mol. The van der Waals surface area contributed by atoms with Crippen molar-refractivity contribution in [3.63, 3.8) is 0 Å². The molecule has 3 heteroatoms. The molecule has 1 rings (SSSR count). The Morgan fingerprint density at radius 1 is 1.46 bits per heavy atom. The molecule has 76 valence electrons. The highest BCUT2D eigenvalue weighted by Crippen LogP contribution is 2.26. The fourth-order valence-corrected chi connectivity index (χ4v) is 1.43. The van der Waals surface area contributed by atoms with E-state index in [1.54, 1.807) is 0 Å². The van der Waals surface area contributed by atoms with Crippen LogP contribution in [0.1, 0.15) is 39.5 Å². The van der Waals surface area contributed by atoms with E-state index in [-0.39, 0.29) is 6.03 Å². The van der Waals surface area contributed by atoms with E-state index < -0.39 is 0 Å². The smallest absolute Gasteiger partial charge is 0.317 e. The molecular weight excluding hydrogens is 164 g/mol. The van der Waals surface area contributed by atoms with Gasteiger partial charge in [0.15, 0.2) is 0 Å². The van der Waals surface area contributed by atoms with E-state index in [9.17, 15) is 4.79 Å². The Morgan fingerprint density at radius 3 is 2.62 bits per heavy atom. The number of unbranched alkanes of at least 4 members (excludes halogenated alkanes) is 1. The summed E-state index contributed by atoms with van der Waals surface area (Å²) in [5.74, 6) is 0. The van der Waals surface area contributed by atoms with Gasteiger partial charge < -0.3 is 10.2 Å². The summed E-state index contributed by atoms with van der Waals surface area (Å²) in [6, 6.07) is 0.657. The van der Waals surface area contributed by atoms with Crippen LogP contribution < -0.4 is 5.32 Å². The summed E-state index contributed by atoms with van der Waals surface area (Å²) in [6.07, 6.45) is 4.59. The van der Waals surface area contributed by atoms with Gasteiger partial charge in [0.2, 0.25) is 0 Å². The van der Waals surface area contributed by atoms with E-state index in [1.807, 2.05) is 11.8 Å². The van der Waals surface area contributed by atoms with Crippen molar-refractivity contribution < 1.29 is 4.79 Å². The minimum Gasteiger partial charge on any atom is -0.338 e. The van der Waals surface area contributed by atoms with Crippen molar-refractivity contribution in [1.29, 1.82) is 0 Å². The molecule has 0 aromatic carbocycles. The number of amides is 2. The number of rotatable bonds is 5. The van der Waals surface area contributed by atoms with Crippen molar-refractivity contribution in [1.82, 2.24) is 10.2 Å². The number of hydrogen-bond acceptors (Lipinski definition) is 1. The number of nitrogens with zero attached hydrogens (tertiary/aromatic N) is 1. The van der Waals surface area contributed by atoms with Gasteiger partial charge in [0.05, 0.1) is 0 Å². The van der Waals surface area contributed by atoms with Crippen LogP contribution in [0.5, 0.6) is 0 Å². The summed E-state index contributed by atoms with van der Waals surface area (Å²) in [5, 5.41) is 2.94. The maximum atomic E-state index is 11.5. The molecule has 3 nitrogen and oxygen atoms in total. The van der Waals surface area contributed by atoms with E-state index in [4.69, 9.17) is 0 Å². The zero-order valence-corrected chi connectivity index (χ0v) is 8.68. The molecule has 1 fully saturated rings. The van der Waals surface area contributed by atoms with Crippen molar-refractivity contribution in [2.75, 3.05) is 13.1 Å². The van der Waals surface area contributed by atoms with Gasteiger partial charge in [-0.15, -0.1) is 0 Å². The number of hydrogen-bond donors (Lipinski definition) is 1. The fourth-order valence-electron chi connectivity index (χ4n) is 1.43. The second-order valence-corrected chi connectivity index (χ2v) is 3.60. The molecule has 2 amide bonds. The molecule has 0 radical (unpaired) electrons. The van der Waals surface area contributed by atoms with E-state index in [1.165, 1.54) is 12.8 Å². The van der Waals surface area contributed by atoms with Crippen LogP contribution in [0.2, 0.25) is 0 Å². The number of carbonyl (C=O) groups is 1. The Hall–Kier alpha value is -0.730. The largest absolute Gasteiger partial charge is 0.338 e. The average Bonchev–Trinajstić information content (AvgIpc) is 2.90. The van der Waals surface area contributed by atoms with Crippen LogP contribution in [0.4, 0.5) is 4.79 Å². The van der Waals surface area contributed by atoms with Gasteiger partial charge in [-0.3, -0.25) is 0 Å². The van der Waals surface area contributed by atoms with Crippen LogP contribution in [-0.4, -0.2) is 30.1 Å². The molecule has 0 bridgehead atoms. The number of urea groups is 1. The van der Waals surface area contributed by atoms with E-state index >= 15 is 0 Å². The Bertz CT molecular complexity index is 166. The van der Waals surface area contributed by atoms with Crippen molar-refractivity contribution in [2.24, 2.45) is 0 Å². The molecule has 1 aliphatic carbocycles. The number of nitrogens with one attached hydrogen (secondary N) is 1. The van der Waals surface area contributed by atoms with E-state index in [2.05, 4.69) is 12.2 Å². The number of carbonyl (C=O) groups excluding carboxylic acids is 1. The van der Waals surface area contributed by atoms with Crippen molar-refractivity contribution in [3.05, 3.63) is 0 Å². The summed E-state index contributed by atoms with van der Waals surface area (Å²) in [4.78, 5) is 13.5. The first-order valence-electron chi connectivity index (χ1n) is 5.34. The Labute approximate surface area is 80.5 Å². The highest BCUT2D eigenvalue weighted by atomic mass is 16.2. The van der Waals surface area contributed by atoms with Crippen molar-refractivity contribution in [2.45, 2.75) is 45.6 Å². The van der Waals surface area contributed by atoms with Gasteiger partial charge in [0.25, 0.3) is 0 Å². The van der Waals surface area contributed by atoms with Crippen LogP contribution in [0.25, 0.3) is 0 Å². The molecule has 13 heavy (non-hydrogen) atoms. The zero-order valence-electron chi connectivity index (χ0n) is 8.68. The molecule has 0 aromatic rings. The predicted molar refractivity (Wildman–Crippen MR) is 53.7 cm³/mol. The van der Waals surface area contributed by atoms with E-state index in [0.29, 0.717) is 6.04 Å². The van der Waals surface area contributed by atoms with Crippen LogP contribution in [0, 0.1) is 0 Å². The lowest BCUT2D eigenvalue weighted by molar-refractivity contribution is 0.198. The summed E-state index contributed by atoms with van der Waals surface area (Å²) in [6.45, 7) is 5.82. The van der Waals surface area contributed by atoms with Gasteiger partial charge in [-0.2, -0.15) is 0 Å². The summed E-state index contributed by atoms with van der Waals surface area (Å²) in [7, 11) is 0. The maximum absolute atomic E-state index is 11.5. The summed E-state index contributed by atoms with van der Waals surface area (Å²) in [5.41, 5.74) is 0. The van der Waals surface area contributed by atoms with Crippen LogP contribution >= 0.6 is 0 Å². The maximum Gasteiger partial charge on any atom is 0.317 e. The topological polar surface area (TPSA) is 32.3 Å². The van der Waals surface area contributed by atoms with Gasteiger partial charge in [-0.25, -0.2) is 4.79 Å². The Balaban J connectivity index is 2.19. The second kappa shape index (κ2) is 5.10. The van der Waals surface area contributed by atoms with Crippen LogP contribution in [-0.2, 0) is 0 Å². The molecule has 1 saturated carbocycles. The highest BCUT2D eigenvalue weighted by Gasteiger charge is 2.30.